The highest BCUT2D eigenvalue weighted by atomic mass is 15.0. The SMILES string of the molecule is [2H]N1CCNCCNCC1. The fourth-order valence-electron chi connectivity index (χ4n) is 0.855. The van der Waals surface area contributed by atoms with Crippen LogP contribution in [0.3, 0.4) is 0 Å². The molecule has 1 aliphatic rings. The second-order valence-electron chi connectivity index (χ2n) is 2.17. The minimum Gasteiger partial charge on any atom is -0.314 e. The molecule has 1 fully saturated rings. The first-order chi connectivity index (χ1) is 4.89. The zero-order chi connectivity index (χ0) is 7.23. The fourth-order valence-corrected chi connectivity index (χ4v) is 0.855. The molecule has 0 atom stereocenters. The molecule has 0 unspecified atom stereocenters. The smallest absolute Gasteiger partial charge is 0.122 e. The average molecular weight is 130 g/mol. The van der Waals surface area contributed by atoms with Gasteiger partial charge in [-0.3, -0.25) is 0 Å². The van der Waals surface area contributed by atoms with Crippen molar-refractivity contribution >= 4 is 0 Å². The first kappa shape index (κ1) is 5.65. The zero-order valence-electron chi connectivity index (χ0n) is 6.69. The van der Waals surface area contributed by atoms with Gasteiger partial charge in [-0.25, -0.2) is 0 Å². The Bertz CT molecular complexity index is 79.1. The van der Waals surface area contributed by atoms with Crippen molar-refractivity contribution in [3.63, 3.8) is 0 Å². The lowest BCUT2D eigenvalue weighted by molar-refractivity contribution is 0.652. The molecular weight excluding hydrogens is 114 g/mol. The van der Waals surface area contributed by atoms with E-state index in [9.17, 15) is 0 Å². The van der Waals surface area contributed by atoms with E-state index in [-0.39, 0.29) is 0 Å². The average Bonchev–Trinajstić information content (AvgIpc) is 2.02. The van der Waals surface area contributed by atoms with Crippen LogP contribution >= 0.6 is 0 Å². The second-order valence-corrected chi connectivity index (χ2v) is 2.17. The molecule has 9 heavy (non-hydrogen) atoms. The third kappa shape index (κ3) is 3.46. The Kier molecular flexibility index (Phi) is 2.97. The summed E-state index contributed by atoms with van der Waals surface area (Å²) in [6.45, 7) is 5.58. The number of nitrogens with one attached hydrogen (secondary N) is 3. The third-order valence-electron chi connectivity index (χ3n) is 1.37. The zero-order valence-corrected chi connectivity index (χ0v) is 5.69. The van der Waals surface area contributed by atoms with Crippen molar-refractivity contribution in [1.82, 2.24) is 15.9 Å². The van der Waals surface area contributed by atoms with Crippen molar-refractivity contribution in [2.75, 3.05) is 39.3 Å². The number of hydrogen-bond acceptors (Lipinski definition) is 3. The molecule has 0 aliphatic carbocycles. The molecule has 3 heteroatoms. The highest BCUT2D eigenvalue weighted by molar-refractivity contribution is 4.59. The molecule has 0 aromatic carbocycles. The molecule has 0 aromatic heterocycles. The molecule has 0 saturated carbocycles. The largest absolute Gasteiger partial charge is 0.314 e. The van der Waals surface area contributed by atoms with E-state index >= 15 is 0 Å². The first-order valence-corrected chi connectivity index (χ1v) is 3.55. The number of hydrogen-bond donors (Lipinski definition) is 3. The predicted octanol–water partition coefficient (Wildman–Crippen LogP) is -1.23. The van der Waals surface area contributed by atoms with Crippen molar-refractivity contribution in [3.05, 3.63) is 0 Å². The summed E-state index contributed by atoms with van der Waals surface area (Å²) in [4.78, 5) is 0. The molecule has 1 saturated heterocycles. The monoisotopic (exact) mass is 130 g/mol. The molecule has 3 nitrogen and oxygen atoms in total. The summed E-state index contributed by atoms with van der Waals surface area (Å²) in [6.07, 6.45) is 0. The summed E-state index contributed by atoms with van der Waals surface area (Å²) >= 11 is 0. The normalized spacial score (nSPS) is 27.8. The van der Waals surface area contributed by atoms with Crippen LogP contribution in [0.4, 0.5) is 0 Å². The molecule has 1 heterocycles. The summed E-state index contributed by atoms with van der Waals surface area (Å²) < 4.78 is 7.36. The van der Waals surface area contributed by atoms with Gasteiger partial charge in [0.25, 0.3) is 0 Å². The summed E-state index contributed by atoms with van der Waals surface area (Å²) in [5, 5.41) is 8.06. The first-order valence-electron chi connectivity index (χ1n) is 3.99. The van der Waals surface area contributed by atoms with Gasteiger partial charge in [0, 0.05) is 39.3 Å². The van der Waals surface area contributed by atoms with Crippen molar-refractivity contribution < 1.29 is 1.41 Å². The topological polar surface area (TPSA) is 36.1 Å². The molecule has 0 radical (unpaired) electrons. The standard InChI is InChI=1S/C6H15N3/c1-2-8-5-6-9-4-3-7-1/h7-9H,1-6H2/i/hD. The molecule has 3 N–H and O–H groups in total. The van der Waals surface area contributed by atoms with E-state index in [4.69, 9.17) is 1.41 Å². The summed E-state index contributed by atoms with van der Waals surface area (Å²) in [5.74, 6) is 0. The molecular formula is C6H15N3. The second kappa shape index (κ2) is 4.73. The summed E-state index contributed by atoms with van der Waals surface area (Å²) in [5.41, 5.74) is 0. The Balaban J connectivity index is 2.15. The quantitative estimate of drug-likeness (QED) is 0.384. The van der Waals surface area contributed by atoms with Gasteiger partial charge in [0.15, 0.2) is 0 Å². The van der Waals surface area contributed by atoms with E-state index < -0.39 is 0 Å². The van der Waals surface area contributed by atoms with Crippen molar-refractivity contribution in [3.8, 4) is 0 Å². The van der Waals surface area contributed by atoms with E-state index in [1.807, 2.05) is 0 Å². The fraction of sp³-hybridized carbons (Fsp3) is 1.00. The van der Waals surface area contributed by atoms with Crippen molar-refractivity contribution in [2.24, 2.45) is 0 Å². The molecule has 1 rings (SSSR count). The van der Waals surface area contributed by atoms with Crippen LogP contribution < -0.4 is 15.9 Å². The van der Waals surface area contributed by atoms with Gasteiger partial charge in [0.2, 0.25) is 0 Å². The Labute approximate surface area is 57.7 Å². The molecule has 1 aliphatic heterocycles. The van der Waals surface area contributed by atoms with Gasteiger partial charge >= 0.3 is 0 Å². The van der Waals surface area contributed by atoms with Crippen LogP contribution in [0.2, 0.25) is 1.41 Å². The minimum absolute atomic E-state index is 0.835. The van der Waals surface area contributed by atoms with Crippen LogP contribution in [0, 0.1) is 0 Å². The van der Waals surface area contributed by atoms with Crippen molar-refractivity contribution in [2.45, 2.75) is 0 Å². The Morgan fingerprint density at radius 1 is 0.778 bits per heavy atom. The van der Waals surface area contributed by atoms with Gasteiger partial charge in [0.05, 0.1) is 0 Å². The van der Waals surface area contributed by atoms with E-state index in [1.165, 1.54) is 0 Å². The van der Waals surface area contributed by atoms with E-state index in [0.29, 0.717) is 0 Å². The summed E-state index contributed by atoms with van der Waals surface area (Å²) in [7, 11) is 0. The van der Waals surface area contributed by atoms with Gasteiger partial charge in [0.1, 0.15) is 1.41 Å². The van der Waals surface area contributed by atoms with Gasteiger partial charge in [-0.05, 0) is 0 Å². The maximum absolute atomic E-state index is 7.36. The predicted molar refractivity (Wildman–Crippen MR) is 38.6 cm³/mol. The Morgan fingerprint density at radius 3 is 1.78 bits per heavy atom. The molecule has 0 aromatic rings. The van der Waals surface area contributed by atoms with Gasteiger partial charge in [-0.2, -0.15) is 0 Å². The third-order valence-corrected chi connectivity index (χ3v) is 1.37. The lowest BCUT2D eigenvalue weighted by Crippen LogP contribution is -2.27. The van der Waals surface area contributed by atoms with Crippen LogP contribution in [0.5, 0.6) is 0 Å². The Hall–Kier alpha value is -0.120. The highest BCUT2D eigenvalue weighted by Gasteiger charge is 1.91. The lowest BCUT2D eigenvalue weighted by Gasteiger charge is -1.99. The van der Waals surface area contributed by atoms with Crippen LogP contribution in [-0.2, 0) is 0 Å². The van der Waals surface area contributed by atoms with Gasteiger partial charge in [-0.15, -0.1) is 0 Å². The minimum atomic E-state index is 0.835. The summed E-state index contributed by atoms with van der Waals surface area (Å²) in [6, 6.07) is 0. The van der Waals surface area contributed by atoms with Gasteiger partial charge < -0.3 is 15.9 Å². The lowest BCUT2D eigenvalue weighted by atomic mass is 10.6. The molecule has 54 valence electrons. The van der Waals surface area contributed by atoms with E-state index in [0.717, 1.165) is 39.3 Å². The highest BCUT2D eigenvalue weighted by Crippen LogP contribution is 1.65. The Morgan fingerprint density at radius 2 is 1.22 bits per heavy atom. The molecule has 0 bridgehead atoms. The van der Waals surface area contributed by atoms with Gasteiger partial charge in [-0.1, -0.05) is 0 Å². The maximum Gasteiger partial charge on any atom is 0.122 e. The van der Waals surface area contributed by atoms with Crippen LogP contribution in [0.1, 0.15) is 0 Å². The number of rotatable bonds is 0. The van der Waals surface area contributed by atoms with E-state index in [2.05, 4.69) is 10.6 Å². The van der Waals surface area contributed by atoms with E-state index in [1.54, 1.807) is 5.31 Å². The van der Waals surface area contributed by atoms with Crippen molar-refractivity contribution in [1.29, 1.82) is 0 Å². The van der Waals surface area contributed by atoms with Crippen LogP contribution in [0.15, 0.2) is 0 Å². The molecule has 0 spiro atoms. The van der Waals surface area contributed by atoms with Crippen LogP contribution in [-0.4, -0.2) is 39.3 Å². The maximum atomic E-state index is 7.36. The van der Waals surface area contributed by atoms with Crippen LogP contribution in [0.25, 0.3) is 0 Å². The molecule has 0 amide bonds.